The molecular weight excluding hydrogens is 337 g/mol. The summed E-state index contributed by atoms with van der Waals surface area (Å²) in [4.78, 5) is 11.4. The summed E-state index contributed by atoms with van der Waals surface area (Å²) in [7, 11) is 0. The van der Waals surface area contributed by atoms with Crippen molar-refractivity contribution in [2.45, 2.75) is 41.5 Å². The van der Waals surface area contributed by atoms with Gasteiger partial charge in [-0.3, -0.25) is 4.79 Å². The van der Waals surface area contributed by atoms with Crippen LogP contribution in [0.4, 0.5) is 0 Å². The fraction of sp³-hybridized carbons (Fsp3) is 0.444. The molecule has 115 valence electrons. The van der Waals surface area contributed by atoms with E-state index in [1.54, 1.807) is 0 Å². The molecule has 3 heteroatoms. The molecule has 0 N–H and O–H groups in total. The summed E-state index contributed by atoms with van der Waals surface area (Å²) in [6.07, 6.45) is 3.75. The molecule has 0 amide bonds. The van der Waals surface area contributed by atoms with Gasteiger partial charge in [0.05, 0.1) is 5.41 Å². The molecule has 0 heterocycles. The van der Waals surface area contributed by atoms with Gasteiger partial charge in [-0.05, 0) is 26.8 Å². The Bertz CT molecular complexity index is 400. The first-order valence-corrected chi connectivity index (χ1v) is 6.80. The van der Waals surface area contributed by atoms with Crippen molar-refractivity contribution < 1.29 is 42.2 Å². The molecule has 0 saturated heterocycles. The van der Waals surface area contributed by atoms with E-state index in [1.165, 1.54) is 5.92 Å². The van der Waals surface area contributed by atoms with E-state index in [1.807, 2.05) is 57.2 Å². The molecular formula is C18H26O2Y-2. The molecule has 0 bridgehead atoms. The molecule has 0 aromatic heterocycles. The van der Waals surface area contributed by atoms with E-state index in [0.29, 0.717) is 6.61 Å². The fourth-order valence-corrected chi connectivity index (χ4v) is 1.04. The zero-order valence-corrected chi connectivity index (χ0v) is 16.9. The average molecular weight is 363 g/mol. The van der Waals surface area contributed by atoms with Crippen LogP contribution in [0.1, 0.15) is 47.1 Å². The topological polar surface area (TPSA) is 26.3 Å². The molecule has 0 unspecified atom stereocenters. The summed E-state index contributed by atoms with van der Waals surface area (Å²) in [6, 6.07) is 10.5. The van der Waals surface area contributed by atoms with Crippen molar-refractivity contribution in [3.05, 3.63) is 47.9 Å². The van der Waals surface area contributed by atoms with E-state index in [0.717, 1.165) is 5.56 Å². The van der Waals surface area contributed by atoms with Crippen LogP contribution < -0.4 is 0 Å². The Balaban J connectivity index is 0. The Labute approximate surface area is 155 Å². The third kappa shape index (κ3) is 14.2. The van der Waals surface area contributed by atoms with E-state index in [9.17, 15) is 4.79 Å². The Kier molecular flexibility index (Phi) is 13.2. The monoisotopic (exact) mass is 363 g/mol. The summed E-state index contributed by atoms with van der Waals surface area (Å²) in [6.45, 7) is 12.1. The number of carbonyl (C=O) groups excluding carboxylic acids is 1. The molecule has 0 saturated carbocycles. The van der Waals surface area contributed by atoms with Crippen LogP contribution >= 0.6 is 0 Å². The molecule has 1 aromatic rings. The van der Waals surface area contributed by atoms with Crippen LogP contribution in [0.2, 0.25) is 0 Å². The fourth-order valence-electron chi connectivity index (χ4n) is 1.04. The second-order valence-corrected chi connectivity index (χ2v) is 6.08. The first kappa shape index (κ1) is 22.8. The number of rotatable bonds is 3. The van der Waals surface area contributed by atoms with Crippen molar-refractivity contribution in [3.63, 3.8) is 0 Å². The van der Waals surface area contributed by atoms with E-state index in [4.69, 9.17) is 4.74 Å². The number of benzene rings is 1. The molecule has 1 radical (unpaired) electrons. The maximum Gasteiger partial charge on any atom is 0.311 e. The molecule has 0 aliphatic carbocycles. The van der Waals surface area contributed by atoms with E-state index in [-0.39, 0.29) is 38.7 Å². The number of hydrogen-bond acceptors (Lipinski definition) is 2. The van der Waals surface area contributed by atoms with Gasteiger partial charge in [0, 0.05) is 32.7 Å². The minimum Gasteiger partial charge on any atom is -0.461 e. The van der Waals surface area contributed by atoms with Gasteiger partial charge in [0.1, 0.15) is 6.61 Å². The molecule has 0 aliphatic heterocycles. The summed E-state index contributed by atoms with van der Waals surface area (Å²) in [5, 5.41) is 0. The number of hydrogen-bond donors (Lipinski definition) is 0. The molecule has 21 heavy (non-hydrogen) atoms. The maximum atomic E-state index is 11.4. The first-order chi connectivity index (χ1) is 9.23. The van der Waals surface area contributed by atoms with Crippen LogP contribution in [-0.4, -0.2) is 12.6 Å². The van der Waals surface area contributed by atoms with Crippen molar-refractivity contribution in [2.24, 2.45) is 5.41 Å². The van der Waals surface area contributed by atoms with Gasteiger partial charge in [-0.1, -0.05) is 6.08 Å². The van der Waals surface area contributed by atoms with E-state index < -0.39 is 5.41 Å². The summed E-state index contributed by atoms with van der Waals surface area (Å²) in [5.74, 6) is 1.23. The molecule has 0 aliphatic rings. The zero-order chi connectivity index (χ0) is 15.6. The molecule has 1 aromatic carbocycles. The second kappa shape index (κ2) is 12.1. The third-order valence-corrected chi connectivity index (χ3v) is 1.98. The Hall–Kier alpha value is -0.466. The normalized spacial score (nSPS) is 10.6. The van der Waals surface area contributed by atoms with E-state index >= 15 is 0 Å². The van der Waals surface area contributed by atoms with Crippen LogP contribution in [0.5, 0.6) is 0 Å². The molecule has 0 spiro atoms. The molecule has 0 atom stereocenters. The van der Waals surface area contributed by atoms with Crippen molar-refractivity contribution in [1.82, 2.24) is 0 Å². The summed E-state index contributed by atoms with van der Waals surface area (Å²) < 4.78 is 5.09. The first-order valence-electron chi connectivity index (χ1n) is 6.80. The smallest absolute Gasteiger partial charge is 0.311 e. The Morgan fingerprint density at radius 1 is 1.24 bits per heavy atom. The predicted molar refractivity (Wildman–Crippen MR) is 85.0 cm³/mol. The number of carbonyl (C=O) groups is 1. The molecule has 1 rings (SSSR count). The van der Waals surface area contributed by atoms with Crippen LogP contribution in [0.3, 0.4) is 0 Å². The van der Waals surface area contributed by atoms with Crippen molar-refractivity contribution in [1.29, 1.82) is 0 Å². The second-order valence-electron chi connectivity index (χ2n) is 6.08. The molecule has 0 fully saturated rings. The maximum absolute atomic E-state index is 11.4. The van der Waals surface area contributed by atoms with Gasteiger partial charge in [0.25, 0.3) is 0 Å². The Morgan fingerprint density at radius 3 is 2.14 bits per heavy atom. The van der Waals surface area contributed by atoms with Crippen molar-refractivity contribution in [3.8, 4) is 0 Å². The van der Waals surface area contributed by atoms with Crippen LogP contribution in [0.15, 0.2) is 30.3 Å². The Morgan fingerprint density at radius 2 is 1.71 bits per heavy atom. The minimum atomic E-state index is -0.435. The summed E-state index contributed by atoms with van der Waals surface area (Å²) in [5.41, 5.74) is 0.640. The standard InChI is InChI=1S/C14H17O2.C4H9.Y/c1-14(2,3)13(15)16-11-7-10-12-8-5-4-6-9-12;1-4(2)3;/h5-10H,11H2,1-3H3;1-3H3;/q2*-1;/b10-7+;;. The van der Waals surface area contributed by atoms with Gasteiger partial charge in [-0.2, -0.15) is 51.1 Å². The van der Waals surface area contributed by atoms with Crippen molar-refractivity contribution >= 4 is 12.0 Å². The van der Waals surface area contributed by atoms with E-state index in [2.05, 4.69) is 26.8 Å². The number of ether oxygens (including phenoxy) is 1. The van der Waals surface area contributed by atoms with Crippen LogP contribution in [0.25, 0.3) is 6.08 Å². The quantitative estimate of drug-likeness (QED) is 0.574. The van der Waals surface area contributed by atoms with Gasteiger partial charge in [-0.25, -0.2) is 0 Å². The summed E-state index contributed by atoms with van der Waals surface area (Å²) >= 11 is 0. The predicted octanol–water partition coefficient (Wildman–Crippen LogP) is 4.71. The largest absolute Gasteiger partial charge is 0.461 e. The van der Waals surface area contributed by atoms with Crippen LogP contribution in [-0.2, 0) is 42.2 Å². The number of esters is 1. The van der Waals surface area contributed by atoms with Gasteiger partial charge < -0.3 is 10.7 Å². The van der Waals surface area contributed by atoms with Gasteiger partial charge >= 0.3 is 5.97 Å². The van der Waals surface area contributed by atoms with Gasteiger partial charge in [-0.15, -0.1) is 5.56 Å². The zero-order valence-electron chi connectivity index (χ0n) is 14.1. The van der Waals surface area contributed by atoms with Gasteiger partial charge in [0.2, 0.25) is 0 Å². The average Bonchev–Trinajstić information content (AvgIpc) is 2.34. The minimum absolute atomic E-state index is 0. The van der Waals surface area contributed by atoms with Crippen molar-refractivity contribution in [2.75, 3.05) is 6.61 Å². The molecule has 2 nitrogen and oxygen atoms in total. The SMILES string of the molecule is CC(C)(C)C(=O)OC/C=C/c1cc[c-]cc1.C[C-](C)C.[Y]. The van der Waals surface area contributed by atoms with Gasteiger partial charge in [0.15, 0.2) is 0 Å². The van der Waals surface area contributed by atoms with Crippen LogP contribution in [0, 0.1) is 17.4 Å². The third-order valence-electron chi connectivity index (χ3n) is 1.98.